The van der Waals surface area contributed by atoms with Gasteiger partial charge in [-0.2, -0.15) is 28.1 Å². The van der Waals surface area contributed by atoms with Gasteiger partial charge in [0.05, 0.1) is 0 Å². The Morgan fingerprint density at radius 1 is 0.931 bits per heavy atom. The molecule has 7 nitrogen and oxygen atoms in total. The fraction of sp³-hybridized carbons (Fsp3) is 0.556. The zero-order valence-corrected chi connectivity index (χ0v) is 15.5. The lowest BCUT2D eigenvalue weighted by atomic mass is 10.2. The molecule has 3 N–H and O–H groups in total. The molecule has 156 valence electrons. The normalized spacial score (nSPS) is 24.6. The fourth-order valence-electron chi connectivity index (χ4n) is 3.54. The van der Waals surface area contributed by atoms with Crippen molar-refractivity contribution in [1.29, 1.82) is 0 Å². The van der Waals surface area contributed by atoms with Crippen molar-refractivity contribution < 1.29 is 17.6 Å². The predicted octanol–water partition coefficient (Wildman–Crippen LogP) is 3.03. The van der Waals surface area contributed by atoms with Crippen LogP contribution in [-0.2, 0) is 6.18 Å². The van der Waals surface area contributed by atoms with Crippen LogP contribution in [0.1, 0.15) is 31.4 Å². The highest BCUT2D eigenvalue weighted by Crippen LogP contribution is 2.29. The summed E-state index contributed by atoms with van der Waals surface area (Å²) in [5.74, 6) is 0.471. The molecule has 3 atom stereocenters. The predicted molar refractivity (Wildman–Crippen MR) is 99.1 cm³/mol. The standard InChI is InChI=1S/C18H21F4N7/c19-10-4-5-11(8-10)24-16-27-15(13-2-1-3-14(26-13)18(20,21)22)28-17(29-16)25-12-6-7-23-9-12/h1-3,10-12,23H,4-9H2,(H2,24,25,27,28,29). The Morgan fingerprint density at radius 2 is 1.69 bits per heavy atom. The molecule has 0 radical (unpaired) electrons. The van der Waals surface area contributed by atoms with Gasteiger partial charge in [-0.3, -0.25) is 0 Å². The van der Waals surface area contributed by atoms with Crippen molar-refractivity contribution in [3.05, 3.63) is 23.9 Å². The third-order valence-corrected chi connectivity index (χ3v) is 5.00. The highest BCUT2D eigenvalue weighted by molar-refractivity contribution is 5.54. The number of aromatic nitrogens is 4. The van der Waals surface area contributed by atoms with Gasteiger partial charge in [0, 0.05) is 18.6 Å². The van der Waals surface area contributed by atoms with E-state index in [0.29, 0.717) is 19.3 Å². The maximum absolute atomic E-state index is 13.5. The summed E-state index contributed by atoms with van der Waals surface area (Å²) in [5, 5.41) is 9.48. The highest BCUT2D eigenvalue weighted by Gasteiger charge is 2.33. The van der Waals surface area contributed by atoms with Crippen LogP contribution in [0, 0.1) is 0 Å². The zero-order valence-electron chi connectivity index (χ0n) is 15.5. The van der Waals surface area contributed by atoms with Crippen molar-refractivity contribution in [2.24, 2.45) is 0 Å². The molecule has 1 saturated carbocycles. The van der Waals surface area contributed by atoms with Crippen molar-refractivity contribution >= 4 is 11.9 Å². The Hall–Kier alpha value is -2.56. The van der Waals surface area contributed by atoms with E-state index >= 15 is 0 Å². The number of anilines is 2. The minimum atomic E-state index is -4.57. The van der Waals surface area contributed by atoms with E-state index in [1.54, 1.807) is 0 Å². The summed E-state index contributed by atoms with van der Waals surface area (Å²) in [7, 11) is 0. The van der Waals surface area contributed by atoms with Crippen LogP contribution in [0.2, 0.25) is 0 Å². The van der Waals surface area contributed by atoms with E-state index in [9.17, 15) is 17.6 Å². The minimum absolute atomic E-state index is 0.00679. The number of hydrogen-bond donors (Lipinski definition) is 3. The van der Waals surface area contributed by atoms with Crippen molar-refractivity contribution in [3.8, 4) is 11.5 Å². The number of nitrogens with zero attached hydrogens (tertiary/aromatic N) is 4. The summed E-state index contributed by atoms with van der Waals surface area (Å²) >= 11 is 0. The lowest BCUT2D eigenvalue weighted by Gasteiger charge is -2.16. The van der Waals surface area contributed by atoms with Crippen LogP contribution in [0.5, 0.6) is 0 Å². The van der Waals surface area contributed by atoms with Gasteiger partial charge in [0.1, 0.15) is 17.6 Å². The first kappa shape index (κ1) is 19.7. The smallest absolute Gasteiger partial charge is 0.351 e. The first-order chi connectivity index (χ1) is 13.9. The maximum atomic E-state index is 13.5. The maximum Gasteiger partial charge on any atom is 0.433 e. The second-order valence-corrected chi connectivity index (χ2v) is 7.30. The van der Waals surface area contributed by atoms with Crippen LogP contribution in [0.25, 0.3) is 11.5 Å². The largest absolute Gasteiger partial charge is 0.433 e. The molecule has 11 heteroatoms. The topological polar surface area (TPSA) is 87.7 Å². The summed E-state index contributed by atoms with van der Waals surface area (Å²) in [4.78, 5) is 16.5. The number of halogens is 4. The number of pyridine rings is 1. The van der Waals surface area contributed by atoms with Gasteiger partial charge in [-0.15, -0.1) is 0 Å². The second-order valence-electron chi connectivity index (χ2n) is 7.30. The number of nitrogens with one attached hydrogen (secondary N) is 3. The Bertz CT molecular complexity index is 854. The second kappa shape index (κ2) is 8.05. The van der Waals surface area contributed by atoms with E-state index < -0.39 is 18.0 Å². The van der Waals surface area contributed by atoms with E-state index in [0.717, 1.165) is 25.6 Å². The average Bonchev–Trinajstić information content (AvgIpc) is 3.33. The van der Waals surface area contributed by atoms with Gasteiger partial charge in [-0.1, -0.05) is 6.07 Å². The van der Waals surface area contributed by atoms with Crippen LogP contribution < -0.4 is 16.0 Å². The SMILES string of the molecule is FC1CCC(Nc2nc(NC3CCNC3)nc(-c3cccc(C(F)(F)F)n3)n2)C1. The van der Waals surface area contributed by atoms with Gasteiger partial charge in [-0.25, -0.2) is 9.37 Å². The Balaban J connectivity index is 1.65. The minimum Gasteiger partial charge on any atom is -0.351 e. The van der Waals surface area contributed by atoms with E-state index in [2.05, 4.69) is 35.9 Å². The molecule has 1 saturated heterocycles. The van der Waals surface area contributed by atoms with Crippen molar-refractivity contribution in [2.45, 2.75) is 50.1 Å². The van der Waals surface area contributed by atoms with Gasteiger partial charge in [0.15, 0.2) is 5.82 Å². The molecule has 29 heavy (non-hydrogen) atoms. The van der Waals surface area contributed by atoms with Gasteiger partial charge in [0.25, 0.3) is 0 Å². The molecule has 2 fully saturated rings. The molecule has 3 heterocycles. The van der Waals surface area contributed by atoms with Gasteiger partial charge < -0.3 is 16.0 Å². The molecule has 0 amide bonds. The molecule has 2 aliphatic rings. The monoisotopic (exact) mass is 411 g/mol. The fourth-order valence-corrected chi connectivity index (χ4v) is 3.54. The van der Waals surface area contributed by atoms with Crippen molar-refractivity contribution in [2.75, 3.05) is 23.7 Å². The molecule has 4 rings (SSSR count). The summed E-state index contributed by atoms with van der Waals surface area (Å²) in [6.07, 6.45) is -3.12. The van der Waals surface area contributed by atoms with Crippen molar-refractivity contribution in [3.63, 3.8) is 0 Å². The number of hydrogen-bond acceptors (Lipinski definition) is 7. The first-order valence-electron chi connectivity index (χ1n) is 9.55. The highest BCUT2D eigenvalue weighted by atomic mass is 19.4. The quantitative estimate of drug-likeness (QED) is 0.652. The Kier molecular flexibility index (Phi) is 5.48. The molecule has 0 spiro atoms. The van der Waals surface area contributed by atoms with Gasteiger partial charge in [0.2, 0.25) is 11.9 Å². The van der Waals surface area contributed by atoms with E-state index in [1.807, 2.05) is 0 Å². The molecule has 1 aliphatic carbocycles. The molecule has 3 unspecified atom stereocenters. The Morgan fingerprint density at radius 3 is 2.31 bits per heavy atom. The lowest BCUT2D eigenvalue weighted by Crippen LogP contribution is -2.25. The van der Waals surface area contributed by atoms with E-state index in [1.165, 1.54) is 12.1 Å². The number of rotatable bonds is 5. The molecule has 2 aromatic heterocycles. The van der Waals surface area contributed by atoms with Crippen LogP contribution >= 0.6 is 0 Å². The van der Waals surface area contributed by atoms with E-state index in [4.69, 9.17) is 0 Å². The van der Waals surface area contributed by atoms with E-state index in [-0.39, 0.29) is 35.5 Å². The summed E-state index contributed by atoms with van der Waals surface area (Å²) in [5.41, 5.74) is -1.02. The van der Waals surface area contributed by atoms with Gasteiger partial charge >= 0.3 is 6.18 Å². The lowest BCUT2D eigenvalue weighted by molar-refractivity contribution is -0.141. The first-order valence-corrected chi connectivity index (χ1v) is 9.55. The third kappa shape index (κ3) is 4.89. The molecule has 0 aromatic carbocycles. The van der Waals surface area contributed by atoms with Crippen LogP contribution in [0.4, 0.5) is 29.5 Å². The average molecular weight is 411 g/mol. The van der Waals surface area contributed by atoms with Crippen molar-refractivity contribution in [1.82, 2.24) is 25.3 Å². The van der Waals surface area contributed by atoms with Crippen LogP contribution in [0.15, 0.2) is 18.2 Å². The molecule has 1 aliphatic heterocycles. The summed E-state index contributed by atoms with van der Waals surface area (Å²) in [6.45, 7) is 1.59. The van der Waals surface area contributed by atoms with Crippen LogP contribution in [-0.4, -0.2) is 51.3 Å². The zero-order chi connectivity index (χ0) is 20.4. The van der Waals surface area contributed by atoms with Gasteiger partial charge in [-0.05, 0) is 44.4 Å². The third-order valence-electron chi connectivity index (χ3n) is 5.00. The Labute approximate surface area is 164 Å². The molecule has 0 bridgehead atoms. The summed E-state index contributed by atoms with van der Waals surface area (Å²) < 4.78 is 52.6. The number of alkyl halides is 4. The summed E-state index contributed by atoms with van der Waals surface area (Å²) in [6, 6.07) is 3.56. The molecular formula is C18H21F4N7. The molecule has 2 aromatic rings. The molecular weight excluding hydrogens is 390 g/mol. The van der Waals surface area contributed by atoms with Crippen LogP contribution in [0.3, 0.4) is 0 Å².